The average molecular weight is 448 g/mol. The summed E-state index contributed by atoms with van der Waals surface area (Å²) in [5.74, 6) is -0.157. The predicted octanol–water partition coefficient (Wildman–Crippen LogP) is 5.20. The van der Waals surface area contributed by atoms with Crippen LogP contribution in [0.25, 0.3) is 0 Å². The summed E-state index contributed by atoms with van der Waals surface area (Å²) in [6.45, 7) is 4.66. The Kier molecular flexibility index (Phi) is 5.57. The smallest absolute Gasteiger partial charge is 0.126 e. The van der Waals surface area contributed by atoms with E-state index in [-0.39, 0.29) is 11.9 Å². The van der Waals surface area contributed by atoms with Crippen LogP contribution in [-0.2, 0) is 0 Å². The summed E-state index contributed by atoms with van der Waals surface area (Å²) in [6, 6.07) is 11.6. The maximum absolute atomic E-state index is 13.8. The van der Waals surface area contributed by atoms with Gasteiger partial charge >= 0.3 is 0 Å². The van der Waals surface area contributed by atoms with Crippen LogP contribution in [0.2, 0.25) is 0 Å². The summed E-state index contributed by atoms with van der Waals surface area (Å²) in [7, 11) is 0. The molecule has 0 fully saturated rings. The molecular formula is C16H16BrFIN. The molecule has 2 aromatic carbocycles. The first kappa shape index (κ1) is 15.9. The largest absolute Gasteiger partial charge is 0.306 e. The highest BCUT2D eigenvalue weighted by Gasteiger charge is 2.17. The van der Waals surface area contributed by atoms with Crippen molar-refractivity contribution >= 4 is 38.5 Å². The molecule has 2 aromatic rings. The summed E-state index contributed by atoms with van der Waals surface area (Å²) in [5, 5.41) is 3.44. The van der Waals surface area contributed by atoms with Crippen LogP contribution in [0.5, 0.6) is 0 Å². The van der Waals surface area contributed by atoms with E-state index in [4.69, 9.17) is 0 Å². The molecule has 1 unspecified atom stereocenters. The number of rotatable bonds is 4. The Hall–Kier alpha value is -0.460. The number of halogens is 3. The lowest BCUT2D eigenvalue weighted by atomic mass is 9.97. The Balaban J connectivity index is 2.49. The van der Waals surface area contributed by atoms with Crippen molar-refractivity contribution in [1.82, 2.24) is 5.32 Å². The molecule has 1 atom stereocenters. The minimum absolute atomic E-state index is 0.000463. The van der Waals surface area contributed by atoms with E-state index in [1.807, 2.05) is 18.2 Å². The number of nitrogens with one attached hydrogen (secondary N) is 1. The average Bonchev–Trinajstić information content (AvgIpc) is 2.42. The molecule has 1 nitrogen and oxygen atoms in total. The summed E-state index contributed by atoms with van der Waals surface area (Å²) < 4.78 is 16.0. The molecule has 0 aromatic heterocycles. The summed E-state index contributed by atoms with van der Waals surface area (Å²) in [6.07, 6.45) is 0. The predicted molar refractivity (Wildman–Crippen MR) is 93.5 cm³/mol. The van der Waals surface area contributed by atoms with Gasteiger partial charge < -0.3 is 5.32 Å². The van der Waals surface area contributed by atoms with Gasteiger partial charge in [-0.15, -0.1) is 0 Å². The number of aryl methyl sites for hydroxylation is 1. The van der Waals surface area contributed by atoms with Gasteiger partial charge in [-0.25, -0.2) is 4.39 Å². The Morgan fingerprint density at radius 1 is 1.25 bits per heavy atom. The van der Waals surface area contributed by atoms with E-state index in [1.165, 1.54) is 0 Å². The standard InChI is InChI=1S/C16H16BrFIN/c1-3-20-16(11-5-4-10(2)14(18)8-11)13-9-12(17)6-7-15(13)19/h4-9,16,20H,3H2,1-2H3. The molecule has 20 heavy (non-hydrogen) atoms. The summed E-state index contributed by atoms with van der Waals surface area (Å²) >= 11 is 5.83. The maximum atomic E-state index is 13.8. The van der Waals surface area contributed by atoms with Crippen molar-refractivity contribution in [2.24, 2.45) is 0 Å². The second-order valence-electron chi connectivity index (χ2n) is 4.67. The van der Waals surface area contributed by atoms with Gasteiger partial charge in [-0.1, -0.05) is 35.0 Å². The van der Waals surface area contributed by atoms with Gasteiger partial charge in [-0.3, -0.25) is 0 Å². The number of benzene rings is 2. The van der Waals surface area contributed by atoms with E-state index in [0.717, 1.165) is 25.7 Å². The van der Waals surface area contributed by atoms with E-state index in [9.17, 15) is 4.39 Å². The van der Waals surface area contributed by atoms with Crippen molar-refractivity contribution < 1.29 is 4.39 Å². The Morgan fingerprint density at radius 3 is 2.65 bits per heavy atom. The maximum Gasteiger partial charge on any atom is 0.126 e. The highest BCUT2D eigenvalue weighted by Crippen LogP contribution is 2.29. The molecule has 0 aliphatic heterocycles. The van der Waals surface area contributed by atoms with Gasteiger partial charge in [-0.05, 0) is 77.0 Å². The monoisotopic (exact) mass is 447 g/mol. The quantitative estimate of drug-likeness (QED) is 0.635. The Morgan fingerprint density at radius 2 is 2.00 bits per heavy atom. The molecule has 4 heteroatoms. The molecule has 0 radical (unpaired) electrons. The third-order valence-electron chi connectivity index (χ3n) is 3.21. The van der Waals surface area contributed by atoms with E-state index in [2.05, 4.69) is 62.9 Å². The minimum atomic E-state index is -0.157. The lowest BCUT2D eigenvalue weighted by molar-refractivity contribution is 0.596. The molecule has 0 heterocycles. The topological polar surface area (TPSA) is 12.0 Å². The van der Waals surface area contributed by atoms with E-state index in [0.29, 0.717) is 5.56 Å². The van der Waals surface area contributed by atoms with Gasteiger partial charge in [0.05, 0.1) is 6.04 Å². The van der Waals surface area contributed by atoms with E-state index in [1.54, 1.807) is 13.0 Å². The third kappa shape index (κ3) is 3.59. The molecule has 1 N–H and O–H groups in total. The van der Waals surface area contributed by atoms with Crippen LogP contribution in [0.15, 0.2) is 40.9 Å². The zero-order valence-corrected chi connectivity index (χ0v) is 15.1. The van der Waals surface area contributed by atoms with Crippen LogP contribution in [0.3, 0.4) is 0 Å². The Bertz CT molecular complexity index is 615. The first-order valence-electron chi connectivity index (χ1n) is 6.47. The molecule has 0 saturated carbocycles. The molecule has 2 rings (SSSR count). The van der Waals surface area contributed by atoms with Crippen molar-refractivity contribution in [3.63, 3.8) is 0 Å². The van der Waals surface area contributed by atoms with Crippen molar-refractivity contribution in [1.29, 1.82) is 0 Å². The number of hydrogen-bond acceptors (Lipinski definition) is 1. The molecule has 0 aliphatic rings. The van der Waals surface area contributed by atoms with E-state index >= 15 is 0 Å². The van der Waals surface area contributed by atoms with Gasteiger partial charge in [-0.2, -0.15) is 0 Å². The van der Waals surface area contributed by atoms with Crippen molar-refractivity contribution in [2.75, 3.05) is 6.54 Å². The lowest BCUT2D eigenvalue weighted by Gasteiger charge is -2.21. The normalized spacial score (nSPS) is 12.4. The second-order valence-corrected chi connectivity index (χ2v) is 6.74. The van der Waals surface area contributed by atoms with Gasteiger partial charge in [0.15, 0.2) is 0 Å². The number of hydrogen-bond donors (Lipinski definition) is 1. The van der Waals surface area contributed by atoms with Crippen molar-refractivity contribution in [2.45, 2.75) is 19.9 Å². The molecule has 0 amide bonds. The van der Waals surface area contributed by atoms with Crippen LogP contribution < -0.4 is 5.32 Å². The highest BCUT2D eigenvalue weighted by atomic mass is 127. The third-order valence-corrected chi connectivity index (χ3v) is 4.68. The fourth-order valence-electron chi connectivity index (χ4n) is 2.14. The van der Waals surface area contributed by atoms with Crippen LogP contribution in [0.1, 0.15) is 29.7 Å². The highest BCUT2D eigenvalue weighted by molar-refractivity contribution is 14.1. The van der Waals surface area contributed by atoms with Crippen LogP contribution in [0.4, 0.5) is 4.39 Å². The SMILES string of the molecule is CCNC(c1ccc(C)c(F)c1)c1cc(Br)ccc1I. The van der Waals surface area contributed by atoms with Crippen LogP contribution in [-0.4, -0.2) is 6.54 Å². The van der Waals surface area contributed by atoms with Gasteiger partial charge in [0.25, 0.3) is 0 Å². The van der Waals surface area contributed by atoms with Crippen molar-refractivity contribution in [3.8, 4) is 0 Å². The van der Waals surface area contributed by atoms with Crippen LogP contribution in [0, 0.1) is 16.3 Å². The zero-order valence-electron chi connectivity index (χ0n) is 11.4. The van der Waals surface area contributed by atoms with Gasteiger partial charge in [0, 0.05) is 8.04 Å². The Labute approximate surface area is 141 Å². The molecular weight excluding hydrogens is 432 g/mol. The summed E-state index contributed by atoms with van der Waals surface area (Å²) in [4.78, 5) is 0. The molecule has 0 aliphatic carbocycles. The fraction of sp³-hybridized carbons (Fsp3) is 0.250. The van der Waals surface area contributed by atoms with Gasteiger partial charge in [0.2, 0.25) is 0 Å². The second kappa shape index (κ2) is 7.00. The van der Waals surface area contributed by atoms with Gasteiger partial charge in [0.1, 0.15) is 5.82 Å². The first-order valence-corrected chi connectivity index (χ1v) is 8.34. The summed E-state index contributed by atoms with van der Waals surface area (Å²) in [5.41, 5.74) is 2.78. The lowest BCUT2D eigenvalue weighted by Crippen LogP contribution is -2.23. The molecule has 106 valence electrons. The molecule has 0 saturated heterocycles. The molecule has 0 bridgehead atoms. The zero-order chi connectivity index (χ0) is 14.7. The first-order chi connectivity index (χ1) is 9.52. The van der Waals surface area contributed by atoms with Crippen LogP contribution >= 0.6 is 38.5 Å². The fourth-order valence-corrected chi connectivity index (χ4v) is 3.16. The van der Waals surface area contributed by atoms with E-state index < -0.39 is 0 Å². The van der Waals surface area contributed by atoms with Crippen molar-refractivity contribution in [3.05, 3.63) is 66.9 Å². The minimum Gasteiger partial charge on any atom is -0.306 e. The molecule has 0 spiro atoms.